The van der Waals surface area contributed by atoms with E-state index >= 15 is 0 Å². The van der Waals surface area contributed by atoms with E-state index in [0.29, 0.717) is 16.3 Å². The highest BCUT2D eigenvalue weighted by atomic mass is 79.9. The molecule has 0 atom stereocenters. The van der Waals surface area contributed by atoms with Gasteiger partial charge in [-0.15, -0.1) is 0 Å². The third kappa shape index (κ3) is 2.22. The Labute approximate surface area is 100 Å². The van der Waals surface area contributed by atoms with E-state index in [9.17, 15) is 4.79 Å². The van der Waals surface area contributed by atoms with E-state index in [1.165, 1.54) is 7.11 Å². The second-order valence-electron chi connectivity index (χ2n) is 2.50. The number of hydrogen-bond donors (Lipinski definition) is 0. The topological polar surface area (TPSA) is 26.3 Å². The van der Waals surface area contributed by atoms with E-state index in [1.807, 2.05) is 0 Å². The highest BCUT2D eigenvalue weighted by Gasteiger charge is 2.16. The minimum absolute atomic E-state index is 0.0968. The minimum atomic E-state index is -0.0968. The predicted molar refractivity (Wildman–Crippen MR) is 61.1 cm³/mol. The van der Waals surface area contributed by atoms with E-state index in [4.69, 9.17) is 27.9 Å². The maximum Gasteiger partial charge on any atom is 0.177 e. The summed E-state index contributed by atoms with van der Waals surface area (Å²) in [7, 11) is 1.45. The Morgan fingerprint density at radius 3 is 2.64 bits per heavy atom. The number of benzene rings is 1. The molecule has 0 spiro atoms. The van der Waals surface area contributed by atoms with E-state index in [2.05, 4.69) is 15.9 Å². The maximum atomic E-state index is 11.4. The zero-order chi connectivity index (χ0) is 10.7. The van der Waals surface area contributed by atoms with Crippen LogP contribution in [0.1, 0.15) is 10.4 Å². The molecule has 0 N–H and O–H groups in total. The fraction of sp³-hybridized carbons (Fsp3) is 0.222. The van der Waals surface area contributed by atoms with E-state index in [1.54, 1.807) is 12.1 Å². The van der Waals surface area contributed by atoms with Crippen LogP contribution in [-0.2, 0) is 0 Å². The van der Waals surface area contributed by atoms with Crippen LogP contribution in [0.5, 0.6) is 5.75 Å². The first-order valence-electron chi connectivity index (χ1n) is 3.73. The second kappa shape index (κ2) is 5.01. The third-order valence-corrected chi connectivity index (χ3v) is 2.97. The third-order valence-electron chi connectivity index (χ3n) is 1.68. The Hall–Kier alpha value is -0.250. The molecule has 0 saturated heterocycles. The van der Waals surface area contributed by atoms with Gasteiger partial charge in [0, 0.05) is 0 Å². The van der Waals surface area contributed by atoms with E-state index in [0.717, 1.165) is 0 Å². The van der Waals surface area contributed by atoms with Gasteiger partial charge in [-0.25, -0.2) is 0 Å². The highest BCUT2D eigenvalue weighted by molar-refractivity contribution is 9.09. The molecular formula is C9H7BrCl2O2. The van der Waals surface area contributed by atoms with Crippen LogP contribution in [0.25, 0.3) is 0 Å². The molecule has 14 heavy (non-hydrogen) atoms. The predicted octanol–water partition coefficient (Wildman–Crippen LogP) is 3.58. The molecule has 0 aliphatic heterocycles. The Bertz CT molecular complexity index is 366. The van der Waals surface area contributed by atoms with Crippen LogP contribution in [0, 0.1) is 0 Å². The summed E-state index contributed by atoms with van der Waals surface area (Å²) in [6.07, 6.45) is 0. The van der Waals surface area contributed by atoms with Crippen molar-refractivity contribution in [2.75, 3.05) is 12.4 Å². The van der Waals surface area contributed by atoms with Crippen LogP contribution in [-0.4, -0.2) is 18.2 Å². The average Bonchev–Trinajstić information content (AvgIpc) is 2.20. The summed E-state index contributed by atoms with van der Waals surface area (Å²) in [5.41, 5.74) is 0.429. The molecule has 5 heteroatoms. The van der Waals surface area contributed by atoms with Crippen LogP contribution >= 0.6 is 39.1 Å². The lowest BCUT2D eigenvalue weighted by atomic mass is 10.1. The van der Waals surface area contributed by atoms with Crippen molar-refractivity contribution < 1.29 is 9.53 Å². The number of hydrogen-bond acceptors (Lipinski definition) is 2. The van der Waals surface area contributed by atoms with Crippen LogP contribution in [0.4, 0.5) is 0 Å². The molecule has 0 unspecified atom stereocenters. The van der Waals surface area contributed by atoms with E-state index in [-0.39, 0.29) is 16.1 Å². The average molecular weight is 298 g/mol. The highest BCUT2D eigenvalue weighted by Crippen LogP contribution is 2.35. The molecule has 0 fully saturated rings. The fourth-order valence-corrected chi connectivity index (χ4v) is 1.72. The standard InChI is InChI=1S/C9H7BrCl2O2/c1-14-9-5(7(13)4-10)2-3-6(11)8(9)12/h2-3H,4H2,1H3. The van der Waals surface area contributed by atoms with Crippen LogP contribution in [0.15, 0.2) is 12.1 Å². The molecular weight excluding hydrogens is 291 g/mol. The first-order chi connectivity index (χ1) is 6.61. The van der Waals surface area contributed by atoms with Crippen molar-refractivity contribution in [3.05, 3.63) is 27.7 Å². The Kier molecular flexibility index (Phi) is 4.23. The number of alkyl halides is 1. The number of carbonyl (C=O) groups is 1. The summed E-state index contributed by atoms with van der Waals surface area (Å²) in [6, 6.07) is 3.17. The molecule has 0 aliphatic carbocycles. The van der Waals surface area contributed by atoms with E-state index < -0.39 is 0 Å². The van der Waals surface area contributed by atoms with Crippen LogP contribution in [0.3, 0.4) is 0 Å². The summed E-state index contributed by atoms with van der Waals surface area (Å²) in [5.74, 6) is 0.226. The first-order valence-corrected chi connectivity index (χ1v) is 5.60. The van der Waals surface area contributed by atoms with Crippen molar-refractivity contribution >= 4 is 44.9 Å². The van der Waals surface area contributed by atoms with Gasteiger partial charge in [-0.1, -0.05) is 39.1 Å². The minimum Gasteiger partial charge on any atom is -0.494 e. The molecule has 1 rings (SSSR count). The normalized spacial score (nSPS) is 10.0. The molecule has 0 aromatic heterocycles. The smallest absolute Gasteiger partial charge is 0.177 e. The van der Waals surface area contributed by atoms with Gasteiger partial charge in [0.25, 0.3) is 0 Å². The van der Waals surface area contributed by atoms with Gasteiger partial charge in [-0.05, 0) is 12.1 Å². The van der Waals surface area contributed by atoms with Gasteiger partial charge in [-0.3, -0.25) is 4.79 Å². The van der Waals surface area contributed by atoms with Crippen molar-refractivity contribution in [1.82, 2.24) is 0 Å². The number of ether oxygens (including phenoxy) is 1. The van der Waals surface area contributed by atoms with Crippen molar-refractivity contribution in [2.45, 2.75) is 0 Å². The largest absolute Gasteiger partial charge is 0.494 e. The fourth-order valence-electron chi connectivity index (χ4n) is 1.02. The van der Waals surface area contributed by atoms with Crippen molar-refractivity contribution in [3.8, 4) is 5.75 Å². The lowest BCUT2D eigenvalue weighted by molar-refractivity contribution is 0.102. The summed E-state index contributed by atoms with van der Waals surface area (Å²) < 4.78 is 5.02. The first kappa shape index (κ1) is 11.8. The molecule has 0 aliphatic rings. The van der Waals surface area contributed by atoms with Crippen LogP contribution in [0.2, 0.25) is 10.0 Å². The quantitative estimate of drug-likeness (QED) is 0.630. The number of halogens is 3. The van der Waals surface area contributed by atoms with Gasteiger partial charge in [0.1, 0.15) is 10.8 Å². The lowest BCUT2D eigenvalue weighted by Gasteiger charge is -2.09. The molecule has 76 valence electrons. The van der Waals surface area contributed by atoms with Gasteiger partial charge in [0.2, 0.25) is 0 Å². The van der Waals surface area contributed by atoms with Crippen molar-refractivity contribution in [2.24, 2.45) is 0 Å². The monoisotopic (exact) mass is 296 g/mol. The summed E-state index contributed by atoms with van der Waals surface area (Å²) in [4.78, 5) is 11.4. The molecule has 0 heterocycles. The number of ketones is 1. The lowest BCUT2D eigenvalue weighted by Crippen LogP contribution is -2.03. The molecule has 1 aromatic rings. The summed E-state index contributed by atoms with van der Waals surface area (Å²) in [6.45, 7) is 0. The van der Waals surface area contributed by atoms with Gasteiger partial charge < -0.3 is 4.74 Å². The Balaban J connectivity index is 3.31. The Morgan fingerprint density at radius 1 is 1.50 bits per heavy atom. The van der Waals surface area contributed by atoms with Crippen molar-refractivity contribution in [3.63, 3.8) is 0 Å². The number of Topliss-reactive ketones (excluding diaryl/α,β-unsaturated/α-hetero) is 1. The Morgan fingerprint density at radius 2 is 2.14 bits per heavy atom. The van der Waals surface area contributed by atoms with Crippen molar-refractivity contribution in [1.29, 1.82) is 0 Å². The molecule has 1 aromatic carbocycles. The SMILES string of the molecule is COc1c(C(=O)CBr)ccc(Cl)c1Cl. The van der Waals surface area contributed by atoms with Gasteiger partial charge in [0.05, 0.1) is 23.0 Å². The zero-order valence-electron chi connectivity index (χ0n) is 7.31. The molecule has 2 nitrogen and oxygen atoms in total. The molecule has 0 radical (unpaired) electrons. The number of methoxy groups -OCH3 is 1. The van der Waals surface area contributed by atoms with Gasteiger partial charge in [-0.2, -0.15) is 0 Å². The molecule has 0 bridgehead atoms. The molecule has 0 amide bonds. The maximum absolute atomic E-state index is 11.4. The number of carbonyl (C=O) groups excluding carboxylic acids is 1. The van der Waals surface area contributed by atoms with Gasteiger partial charge >= 0.3 is 0 Å². The van der Waals surface area contributed by atoms with Crippen LogP contribution < -0.4 is 4.74 Å². The number of rotatable bonds is 3. The zero-order valence-corrected chi connectivity index (χ0v) is 10.4. The second-order valence-corrected chi connectivity index (χ2v) is 3.84. The van der Waals surface area contributed by atoms with Gasteiger partial charge in [0.15, 0.2) is 5.78 Å². The molecule has 0 saturated carbocycles. The summed E-state index contributed by atoms with van der Waals surface area (Å²) >= 11 is 14.7. The summed E-state index contributed by atoms with van der Waals surface area (Å²) in [5, 5.41) is 0.858.